The number of nitrogens with two attached hydrogens (primary N) is 1. The second kappa shape index (κ2) is 6.92. The Kier molecular flexibility index (Phi) is 5.79. The molecule has 0 amide bonds. The Labute approximate surface area is 115 Å². The first kappa shape index (κ1) is 16.7. The third-order valence-electron chi connectivity index (χ3n) is 2.90. The summed E-state index contributed by atoms with van der Waals surface area (Å²) in [6, 6.07) is 3.76. The second-order valence-corrected chi connectivity index (χ2v) is 4.53. The molecule has 0 radical (unpaired) electrons. The van der Waals surface area contributed by atoms with Gasteiger partial charge in [-0.3, -0.25) is 0 Å². The smallest absolute Gasteiger partial charge is 0.389 e. The first-order valence-electron chi connectivity index (χ1n) is 6.08. The summed E-state index contributed by atoms with van der Waals surface area (Å²) >= 11 is 0. The summed E-state index contributed by atoms with van der Waals surface area (Å²) in [6.45, 7) is 0.217. The molecule has 0 aliphatic carbocycles. The zero-order valence-corrected chi connectivity index (χ0v) is 11.4. The van der Waals surface area contributed by atoms with E-state index in [0.717, 1.165) is 6.07 Å². The molecule has 0 heterocycles. The molecule has 0 saturated carbocycles. The Morgan fingerprint density at radius 1 is 1.40 bits per heavy atom. The lowest BCUT2D eigenvalue weighted by molar-refractivity contribution is -0.138. The number of aliphatic hydroxyl groups is 1. The number of aliphatic hydroxyl groups excluding tert-OH is 1. The van der Waals surface area contributed by atoms with E-state index in [1.165, 1.54) is 19.2 Å². The zero-order valence-electron chi connectivity index (χ0n) is 11.4. The average molecular weight is 292 g/mol. The van der Waals surface area contributed by atoms with Crippen LogP contribution in [0, 0.1) is 0 Å². The van der Waals surface area contributed by atoms with Crippen LogP contribution in [0.4, 0.5) is 18.9 Å². The fraction of sp³-hybridized carbons (Fsp3) is 0.538. The van der Waals surface area contributed by atoms with Crippen molar-refractivity contribution in [3.05, 3.63) is 29.3 Å². The Morgan fingerprint density at radius 2 is 2.05 bits per heavy atom. The number of methoxy groups -OCH3 is 1. The Morgan fingerprint density at radius 3 is 2.55 bits per heavy atom. The molecule has 1 unspecified atom stereocenters. The van der Waals surface area contributed by atoms with Crippen LogP contribution in [-0.4, -0.2) is 38.5 Å². The highest BCUT2D eigenvalue weighted by Crippen LogP contribution is 2.33. The lowest BCUT2D eigenvalue weighted by Gasteiger charge is -2.24. The predicted molar refractivity (Wildman–Crippen MR) is 70.5 cm³/mol. The van der Waals surface area contributed by atoms with Crippen LogP contribution in [0.1, 0.15) is 11.1 Å². The van der Waals surface area contributed by atoms with Crippen LogP contribution in [0.15, 0.2) is 18.2 Å². The van der Waals surface area contributed by atoms with Gasteiger partial charge >= 0.3 is 6.18 Å². The number of likely N-dealkylation sites (N-methyl/N-ethyl adjacent to an activating group) is 1. The van der Waals surface area contributed by atoms with Crippen molar-refractivity contribution in [2.75, 3.05) is 32.2 Å². The van der Waals surface area contributed by atoms with E-state index in [1.807, 2.05) is 0 Å². The van der Waals surface area contributed by atoms with Crippen LogP contribution in [0.2, 0.25) is 0 Å². The zero-order chi connectivity index (χ0) is 15.3. The molecule has 0 aromatic heterocycles. The van der Waals surface area contributed by atoms with Crippen molar-refractivity contribution in [1.29, 1.82) is 0 Å². The molecule has 7 heteroatoms. The summed E-state index contributed by atoms with van der Waals surface area (Å²) in [5.41, 5.74) is 5.24. The normalized spacial score (nSPS) is 13.3. The maximum absolute atomic E-state index is 12.8. The van der Waals surface area contributed by atoms with E-state index in [1.54, 1.807) is 11.9 Å². The van der Waals surface area contributed by atoms with Gasteiger partial charge in [0.15, 0.2) is 0 Å². The maximum atomic E-state index is 12.8. The van der Waals surface area contributed by atoms with Crippen molar-refractivity contribution in [2.24, 2.45) is 5.73 Å². The van der Waals surface area contributed by atoms with E-state index in [4.69, 9.17) is 10.5 Å². The minimum atomic E-state index is -4.42. The number of anilines is 1. The van der Waals surface area contributed by atoms with Gasteiger partial charge in [-0.15, -0.1) is 0 Å². The summed E-state index contributed by atoms with van der Waals surface area (Å²) in [4.78, 5) is 1.66. The first-order chi connectivity index (χ1) is 9.29. The van der Waals surface area contributed by atoms with Gasteiger partial charge in [0.05, 0.1) is 18.3 Å². The van der Waals surface area contributed by atoms with Gasteiger partial charge in [-0.1, -0.05) is 0 Å². The van der Waals surface area contributed by atoms with Crippen LogP contribution in [-0.2, 0) is 17.5 Å². The third-order valence-corrected chi connectivity index (χ3v) is 2.90. The molecule has 1 aromatic carbocycles. The summed E-state index contributed by atoms with van der Waals surface area (Å²) in [5.74, 6) is 0. The fourth-order valence-electron chi connectivity index (χ4n) is 1.93. The lowest BCUT2D eigenvalue weighted by Crippen LogP contribution is -2.32. The summed E-state index contributed by atoms with van der Waals surface area (Å²) in [7, 11) is 3.15. The van der Waals surface area contributed by atoms with Gasteiger partial charge in [-0.25, -0.2) is 0 Å². The van der Waals surface area contributed by atoms with Gasteiger partial charge in [0.1, 0.15) is 0 Å². The quantitative estimate of drug-likeness (QED) is 0.836. The molecule has 0 spiro atoms. The number of rotatable bonds is 6. The molecular formula is C13H19F3N2O2. The van der Waals surface area contributed by atoms with E-state index >= 15 is 0 Å². The van der Waals surface area contributed by atoms with Crippen LogP contribution >= 0.6 is 0 Å². The van der Waals surface area contributed by atoms with Crippen molar-refractivity contribution >= 4 is 5.69 Å². The Balaban J connectivity index is 2.92. The van der Waals surface area contributed by atoms with E-state index < -0.39 is 17.8 Å². The SMILES string of the molecule is COCC(O)CN(C)c1ccc(C(F)(F)F)c(CN)c1. The van der Waals surface area contributed by atoms with Crippen molar-refractivity contribution in [2.45, 2.75) is 18.8 Å². The summed E-state index contributed by atoms with van der Waals surface area (Å²) in [5, 5.41) is 9.62. The first-order valence-corrected chi connectivity index (χ1v) is 6.08. The molecule has 114 valence electrons. The molecule has 4 nitrogen and oxygen atoms in total. The monoisotopic (exact) mass is 292 g/mol. The highest BCUT2D eigenvalue weighted by Gasteiger charge is 2.33. The fourth-order valence-corrected chi connectivity index (χ4v) is 1.93. The number of alkyl halides is 3. The van der Waals surface area contributed by atoms with Crippen molar-refractivity contribution in [3.8, 4) is 0 Å². The number of halogens is 3. The highest BCUT2D eigenvalue weighted by atomic mass is 19.4. The molecule has 1 rings (SSSR count). The highest BCUT2D eigenvalue weighted by molar-refractivity contribution is 5.51. The number of nitrogens with zero attached hydrogens (tertiary/aromatic N) is 1. The average Bonchev–Trinajstić information content (AvgIpc) is 2.37. The second-order valence-electron chi connectivity index (χ2n) is 4.53. The van der Waals surface area contributed by atoms with Gasteiger partial charge in [0.2, 0.25) is 0 Å². The van der Waals surface area contributed by atoms with Gasteiger partial charge in [-0.05, 0) is 23.8 Å². The third kappa shape index (κ3) is 4.36. The molecule has 20 heavy (non-hydrogen) atoms. The Hall–Kier alpha value is -1.31. The molecular weight excluding hydrogens is 273 g/mol. The van der Waals surface area contributed by atoms with E-state index in [2.05, 4.69) is 0 Å². The van der Waals surface area contributed by atoms with E-state index in [0.29, 0.717) is 5.69 Å². The predicted octanol–water partition coefficient (Wildman–Crippen LogP) is 1.61. The summed E-state index contributed by atoms with van der Waals surface area (Å²) in [6.07, 6.45) is -5.13. The molecule has 3 N–H and O–H groups in total. The van der Waals surface area contributed by atoms with Crippen molar-refractivity contribution < 1.29 is 23.0 Å². The minimum absolute atomic E-state index is 0.0306. The van der Waals surface area contributed by atoms with Crippen molar-refractivity contribution in [1.82, 2.24) is 0 Å². The number of ether oxygens (including phenoxy) is 1. The van der Waals surface area contributed by atoms with Crippen molar-refractivity contribution in [3.63, 3.8) is 0 Å². The largest absolute Gasteiger partial charge is 0.416 e. The lowest BCUT2D eigenvalue weighted by atomic mass is 10.1. The van der Waals surface area contributed by atoms with Crippen LogP contribution in [0.5, 0.6) is 0 Å². The van der Waals surface area contributed by atoms with Crippen LogP contribution < -0.4 is 10.6 Å². The van der Waals surface area contributed by atoms with E-state index in [9.17, 15) is 18.3 Å². The summed E-state index contributed by atoms with van der Waals surface area (Å²) < 4.78 is 43.1. The maximum Gasteiger partial charge on any atom is 0.416 e. The topological polar surface area (TPSA) is 58.7 Å². The van der Waals surface area contributed by atoms with Gasteiger partial charge in [-0.2, -0.15) is 13.2 Å². The number of benzene rings is 1. The van der Waals surface area contributed by atoms with E-state index in [-0.39, 0.29) is 25.3 Å². The molecule has 1 atom stereocenters. The van der Waals surface area contributed by atoms with Crippen LogP contribution in [0.3, 0.4) is 0 Å². The number of hydrogen-bond donors (Lipinski definition) is 2. The standard InChI is InChI=1S/C13H19F3N2O2/c1-18(7-11(19)8-20-2)10-3-4-12(13(14,15)16)9(5-10)6-17/h3-5,11,19H,6-8,17H2,1-2H3. The van der Waals surface area contributed by atoms with Gasteiger partial charge < -0.3 is 20.5 Å². The Bertz CT molecular complexity index is 438. The molecule has 0 bridgehead atoms. The molecule has 0 aliphatic heterocycles. The van der Waals surface area contributed by atoms with Crippen LogP contribution in [0.25, 0.3) is 0 Å². The van der Waals surface area contributed by atoms with Gasteiger partial charge in [0, 0.05) is 32.9 Å². The minimum Gasteiger partial charge on any atom is -0.389 e. The molecule has 0 aliphatic rings. The molecule has 1 aromatic rings. The molecule has 0 saturated heterocycles. The number of hydrogen-bond acceptors (Lipinski definition) is 4. The van der Waals surface area contributed by atoms with Gasteiger partial charge in [0.25, 0.3) is 0 Å². The molecule has 0 fully saturated rings.